The number of fused-ring (bicyclic) bond motifs is 1. The van der Waals surface area contributed by atoms with Crippen LogP contribution in [0.2, 0.25) is 0 Å². The van der Waals surface area contributed by atoms with Crippen LogP contribution < -0.4 is 16.2 Å². The maximum atomic E-state index is 11.7. The van der Waals surface area contributed by atoms with Crippen LogP contribution in [0.5, 0.6) is 5.75 Å². The van der Waals surface area contributed by atoms with E-state index >= 15 is 0 Å². The number of benzene rings is 1. The summed E-state index contributed by atoms with van der Waals surface area (Å²) in [4.78, 5) is 34.5. The molecule has 0 radical (unpaired) electrons. The van der Waals surface area contributed by atoms with Gasteiger partial charge in [0.15, 0.2) is 17.2 Å². The smallest absolute Gasteiger partial charge is 0.327 e. The molecule has 8 nitrogen and oxygen atoms in total. The Morgan fingerprint density at radius 3 is 2.61 bits per heavy atom. The van der Waals surface area contributed by atoms with Crippen LogP contribution in [-0.2, 0) is 7.05 Å². The number of nitrogens with one attached hydrogen (secondary N) is 1. The van der Waals surface area contributed by atoms with Gasteiger partial charge in [-0.05, 0) is 31.2 Å². The Morgan fingerprint density at radius 2 is 2.00 bits per heavy atom. The Morgan fingerprint density at radius 1 is 1.30 bits per heavy atom. The molecule has 2 aromatic heterocycles. The quantitative estimate of drug-likeness (QED) is 0.739. The summed E-state index contributed by atoms with van der Waals surface area (Å²) in [6, 6.07) is 7.13. The highest BCUT2D eigenvalue weighted by molar-refractivity contribution is 6.01. The van der Waals surface area contributed by atoms with Crippen molar-refractivity contribution in [3.63, 3.8) is 0 Å². The van der Waals surface area contributed by atoms with Crippen molar-refractivity contribution in [1.29, 1.82) is 0 Å². The van der Waals surface area contributed by atoms with E-state index in [0.29, 0.717) is 23.6 Å². The summed E-state index contributed by atoms with van der Waals surface area (Å²) in [7, 11) is 1.56. The van der Waals surface area contributed by atoms with Gasteiger partial charge in [-0.3, -0.25) is 9.36 Å². The van der Waals surface area contributed by atoms with Crippen LogP contribution in [0.4, 0.5) is 0 Å². The molecule has 1 amide bonds. The zero-order valence-corrected chi connectivity index (χ0v) is 12.7. The lowest BCUT2D eigenvalue weighted by molar-refractivity contribution is 0.0997. The Hall–Kier alpha value is -3.16. The number of carbonyl (C=O) groups excluding carboxylic acids is 1. The van der Waals surface area contributed by atoms with Gasteiger partial charge in [0, 0.05) is 12.6 Å². The lowest BCUT2D eigenvalue weighted by Crippen LogP contribution is -2.15. The molecule has 3 N–H and O–H groups in total. The van der Waals surface area contributed by atoms with Gasteiger partial charge < -0.3 is 15.5 Å². The van der Waals surface area contributed by atoms with Crippen molar-refractivity contribution in [2.45, 2.75) is 6.92 Å². The van der Waals surface area contributed by atoms with Gasteiger partial charge in [0.1, 0.15) is 11.3 Å². The molecular weight excluding hydrogens is 298 g/mol. The number of carbonyl (C=O) groups is 1. The summed E-state index contributed by atoms with van der Waals surface area (Å²) in [6.45, 7) is 2.47. The van der Waals surface area contributed by atoms with Gasteiger partial charge in [-0.25, -0.2) is 14.8 Å². The number of hydrogen-bond acceptors (Lipinski definition) is 5. The third-order valence-corrected chi connectivity index (χ3v) is 3.40. The molecule has 0 saturated heterocycles. The maximum absolute atomic E-state index is 11.7. The molecule has 0 atom stereocenters. The standard InChI is InChI=1S/C15H15N5O3/c1-3-23-9-6-4-8(5-7-9)13-17-10(12(16)21)11-14(19-13)20(2)15(22)18-11/h4-7H,3H2,1-2H3,(H2,16,21)(H,18,22). The number of primary amides is 1. The topological polar surface area (TPSA) is 116 Å². The molecule has 3 aromatic rings. The fraction of sp³-hybridized carbons (Fsp3) is 0.200. The predicted octanol–water partition coefficient (Wildman–Crippen LogP) is 0.821. The van der Waals surface area contributed by atoms with Crippen LogP contribution in [0.15, 0.2) is 29.1 Å². The zero-order chi connectivity index (χ0) is 16.6. The number of hydrogen-bond donors (Lipinski definition) is 2. The molecule has 0 saturated carbocycles. The number of ether oxygens (including phenoxy) is 1. The van der Waals surface area contributed by atoms with Crippen LogP contribution in [0.25, 0.3) is 22.6 Å². The summed E-state index contributed by atoms with van der Waals surface area (Å²) in [6.07, 6.45) is 0. The Kier molecular flexibility index (Phi) is 3.57. The van der Waals surface area contributed by atoms with Gasteiger partial charge in [-0.15, -0.1) is 0 Å². The van der Waals surface area contributed by atoms with E-state index in [9.17, 15) is 9.59 Å². The normalized spacial score (nSPS) is 10.9. The molecule has 1 aromatic carbocycles. The molecule has 0 bridgehead atoms. The van der Waals surface area contributed by atoms with Crippen molar-refractivity contribution >= 4 is 17.1 Å². The molecule has 3 rings (SSSR count). The molecule has 8 heteroatoms. The molecular formula is C15H15N5O3. The first-order valence-electron chi connectivity index (χ1n) is 7.01. The first kappa shape index (κ1) is 14.8. The van der Waals surface area contributed by atoms with E-state index in [4.69, 9.17) is 10.5 Å². The van der Waals surface area contributed by atoms with E-state index in [1.54, 1.807) is 31.3 Å². The van der Waals surface area contributed by atoms with Crippen molar-refractivity contribution in [2.24, 2.45) is 12.8 Å². The fourth-order valence-electron chi connectivity index (χ4n) is 2.27. The van der Waals surface area contributed by atoms with Crippen LogP contribution in [-0.4, -0.2) is 32.0 Å². The molecule has 0 spiro atoms. The number of nitrogens with two attached hydrogens (primary N) is 1. The molecule has 0 aliphatic carbocycles. The van der Waals surface area contributed by atoms with Crippen LogP contribution in [0.1, 0.15) is 17.4 Å². The van der Waals surface area contributed by atoms with Crippen LogP contribution >= 0.6 is 0 Å². The van der Waals surface area contributed by atoms with E-state index in [1.807, 2.05) is 6.92 Å². The monoisotopic (exact) mass is 313 g/mol. The highest BCUT2D eigenvalue weighted by Gasteiger charge is 2.17. The molecule has 0 aliphatic heterocycles. The number of aromatic amines is 1. The van der Waals surface area contributed by atoms with Gasteiger partial charge in [0.05, 0.1) is 6.61 Å². The average molecular weight is 313 g/mol. The van der Waals surface area contributed by atoms with Crippen LogP contribution in [0, 0.1) is 0 Å². The van der Waals surface area contributed by atoms with Crippen molar-refractivity contribution in [1.82, 2.24) is 19.5 Å². The van der Waals surface area contributed by atoms with E-state index in [1.165, 1.54) is 4.57 Å². The average Bonchev–Trinajstić information content (AvgIpc) is 2.82. The lowest BCUT2D eigenvalue weighted by Gasteiger charge is -2.06. The largest absolute Gasteiger partial charge is 0.494 e. The third-order valence-electron chi connectivity index (χ3n) is 3.40. The first-order chi connectivity index (χ1) is 11.0. The number of aromatic nitrogens is 4. The Bertz CT molecular complexity index is 940. The molecule has 2 heterocycles. The number of aryl methyl sites for hydroxylation is 1. The number of H-pyrrole nitrogens is 1. The highest BCUT2D eigenvalue weighted by Crippen LogP contribution is 2.22. The minimum absolute atomic E-state index is 0.0171. The maximum Gasteiger partial charge on any atom is 0.327 e. The minimum Gasteiger partial charge on any atom is -0.494 e. The van der Waals surface area contributed by atoms with Crippen molar-refractivity contribution in [2.75, 3.05) is 6.61 Å². The summed E-state index contributed by atoms with van der Waals surface area (Å²) in [5.41, 5.74) is 6.21. The molecule has 23 heavy (non-hydrogen) atoms. The fourth-order valence-corrected chi connectivity index (χ4v) is 2.27. The van der Waals surface area contributed by atoms with Crippen molar-refractivity contribution in [3.8, 4) is 17.1 Å². The van der Waals surface area contributed by atoms with Gasteiger partial charge in [0.2, 0.25) is 0 Å². The summed E-state index contributed by atoms with van der Waals surface area (Å²) in [5, 5.41) is 0. The van der Waals surface area contributed by atoms with Crippen molar-refractivity contribution in [3.05, 3.63) is 40.4 Å². The van der Waals surface area contributed by atoms with Gasteiger partial charge in [0.25, 0.3) is 5.91 Å². The summed E-state index contributed by atoms with van der Waals surface area (Å²) in [5.74, 6) is 0.303. The first-order valence-corrected chi connectivity index (χ1v) is 7.01. The number of nitrogens with zero attached hydrogens (tertiary/aromatic N) is 3. The second-order valence-corrected chi connectivity index (χ2v) is 4.91. The Labute approximate surface area is 130 Å². The zero-order valence-electron chi connectivity index (χ0n) is 12.7. The number of imidazole rings is 1. The lowest BCUT2D eigenvalue weighted by atomic mass is 10.2. The van der Waals surface area contributed by atoms with Gasteiger partial charge in [-0.1, -0.05) is 0 Å². The van der Waals surface area contributed by atoms with Crippen molar-refractivity contribution < 1.29 is 9.53 Å². The second kappa shape index (κ2) is 5.56. The molecule has 0 unspecified atom stereocenters. The molecule has 0 fully saturated rings. The van der Waals surface area contributed by atoms with E-state index in [-0.39, 0.29) is 16.9 Å². The summed E-state index contributed by atoms with van der Waals surface area (Å²) < 4.78 is 6.69. The summed E-state index contributed by atoms with van der Waals surface area (Å²) >= 11 is 0. The van der Waals surface area contributed by atoms with Gasteiger partial charge in [-0.2, -0.15) is 0 Å². The van der Waals surface area contributed by atoms with E-state index in [0.717, 1.165) is 5.75 Å². The number of rotatable bonds is 4. The highest BCUT2D eigenvalue weighted by atomic mass is 16.5. The third kappa shape index (κ3) is 2.54. The molecule has 118 valence electrons. The van der Waals surface area contributed by atoms with Gasteiger partial charge >= 0.3 is 5.69 Å². The minimum atomic E-state index is -0.730. The SMILES string of the molecule is CCOc1ccc(-c2nc(C(N)=O)c3[nH]c(=O)n(C)c3n2)cc1. The second-order valence-electron chi connectivity index (χ2n) is 4.91. The molecule has 0 aliphatic rings. The van der Waals surface area contributed by atoms with E-state index < -0.39 is 5.91 Å². The Balaban J connectivity index is 2.19. The predicted molar refractivity (Wildman–Crippen MR) is 84.3 cm³/mol. The number of amides is 1. The van der Waals surface area contributed by atoms with E-state index in [2.05, 4.69) is 15.0 Å². The van der Waals surface area contributed by atoms with Crippen LogP contribution in [0.3, 0.4) is 0 Å².